The molecule has 0 aliphatic carbocycles. The number of carbonyl (C=O) groups excluding carboxylic acids is 1. The average Bonchev–Trinajstić information content (AvgIpc) is 3.40. The van der Waals surface area contributed by atoms with Crippen molar-refractivity contribution in [2.24, 2.45) is 0 Å². The molecule has 182 valence electrons. The summed E-state index contributed by atoms with van der Waals surface area (Å²) in [5.74, 6) is -3.57. The van der Waals surface area contributed by atoms with Crippen LogP contribution < -0.4 is 11.1 Å². The first kappa shape index (κ1) is 22.4. The van der Waals surface area contributed by atoms with Crippen molar-refractivity contribution >= 4 is 34.0 Å². The molecule has 0 spiro atoms. The van der Waals surface area contributed by atoms with Gasteiger partial charge in [0.25, 0.3) is 11.9 Å². The van der Waals surface area contributed by atoms with E-state index in [2.05, 4.69) is 31.9 Å². The summed E-state index contributed by atoms with van der Waals surface area (Å²) in [7, 11) is 0. The van der Waals surface area contributed by atoms with Gasteiger partial charge in [-0.15, -0.1) is 0 Å². The molecular weight excluding hydrogens is 483 g/mol. The molecule has 1 amide bonds. The molecule has 11 heteroatoms. The van der Waals surface area contributed by atoms with Crippen LogP contribution in [-0.2, 0) is 11.2 Å². The molecule has 0 bridgehead atoms. The summed E-state index contributed by atoms with van der Waals surface area (Å²) in [6.07, 6.45) is 2.95. The quantitative estimate of drug-likeness (QED) is 0.280. The van der Waals surface area contributed by atoms with Gasteiger partial charge < -0.3 is 11.1 Å². The molecule has 0 fully saturated rings. The first-order valence-electron chi connectivity index (χ1n) is 11.0. The van der Waals surface area contributed by atoms with Crippen molar-refractivity contribution in [3.8, 4) is 17.1 Å². The molecule has 1 aliphatic heterocycles. The van der Waals surface area contributed by atoms with Crippen LogP contribution in [0.4, 0.5) is 24.8 Å². The summed E-state index contributed by atoms with van der Waals surface area (Å²) in [4.78, 5) is 24.8. The average molecular weight is 499 g/mol. The normalized spacial score (nSPS) is 12.7. The molecule has 0 unspecified atom stereocenters. The SMILES string of the molecule is C=C1C(=O)Nc2nc(-n3nc(Cc4c(F)ccc(F)c4F)c4cc(-c5ccncc5)ccc43)nc(N)c21. The molecule has 37 heavy (non-hydrogen) atoms. The first-order valence-corrected chi connectivity index (χ1v) is 11.0. The number of anilines is 2. The molecule has 4 heterocycles. The van der Waals surface area contributed by atoms with Crippen molar-refractivity contribution in [3.63, 3.8) is 0 Å². The maximum absolute atomic E-state index is 14.6. The van der Waals surface area contributed by atoms with E-state index in [4.69, 9.17) is 5.73 Å². The smallest absolute Gasteiger partial charge is 0.257 e. The fourth-order valence-corrected chi connectivity index (χ4v) is 4.33. The Balaban J connectivity index is 1.56. The van der Waals surface area contributed by atoms with Gasteiger partial charge in [0.1, 0.15) is 17.5 Å². The maximum atomic E-state index is 14.6. The third-order valence-electron chi connectivity index (χ3n) is 6.18. The number of nitrogens with two attached hydrogens (primary N) is 1. The maximum Gasteiger partial charge on any atom is 0.257 e. The van der Waals surface area contributed by atoms with Gasteiger partial charge in [-0.05, 0) is 47.5 Å². The highest BCUT2D eigenvalue weighted by Gasteiger charge is 2.29. The zero-order chi connectivity index (χ0) is 25.8. The Bertz CT molecular complexity index is 1770. The zero-order valence-electron chi connectivity index (χ0n) is 19.0. The number of nitrogen functional groups attached to an aromatic ring is 1. The highest BCUT2D eigenvalue weighted by Crippen LogP contribution is 2.35. The van der Waals surface area contributed by atoms with Gasteiger partial charge in [0.2, 0.25) is 0 Å². The molecule has 0 saturated heterocycles. The lowest BCUT2D eigenvalue weighted by molar-refractivity contribution is -0.110. The van der Waals surface area contributed by atoms with Crippen LogP contribution >= 0.6 is 0 Å². The molecule has 1 aliphatic rings. The summed E-state index contributed by atoms with van der Waals surface area (Å²) < 4.78 is 44.4. The van der Waals surface area contributed by atoms with Crippen LogP contribution in [0.25, 0.3) is 33.6 Å². The van der Waals surface area contributed by atoms with Gasteiger partial charge >= 0.3 is 0 Å². The number of rotatable bonds is 4. The molecule has 5 aromatic rings. The third-order valence-corrected chi connectivity index (χ3v) is 6.18. The Morgan fingerprint density at radius 2 is 1.73 bits per heavy atom. The van der Waals surface area contributed by atoms with Gasteiger partial charge in [0.15, 0.2) is 11.6 Å². The molecule has 3 aromatic heterocycles. The fraction of sp³-hybridized carbons (Fsp3) is 0.0385. The number of amides is 1. The second-order valence-electron chi connectivity index (χ2n) is 8.39. The molecular formula is C26H16F3N7O. The number of nitrogens with zero attached hydrogens (tertiary/aromatic N) is 5. The lowest BCUT2D eigenvalue weighted by Gasteiger charge is -2.07. The van der Waals surface area contributed by atoms with E-state index < -0.39 is 28.9 Å². The number of aromatic nitrogens is 5. The van der Waals surface area contributed by atoms with Crippen LogP contribution in [0.3, 0.4) is 0 Å². The Kier molecular flexibility index (Phi) is 5.00. The zero-order valence-corrected chi connectivity index (χ0v) is 19.0. The summed E-state index contributed by atoms with van der Waals surface area (Å²) in [5.41, 5.74) is 8.51. The summed E-state index contributed by atoms with van der Waals surface area (Å²) in [6, 6.07) is 10.6. The molecule has 0 saturated carbocycles. The minimum Gasteiger partial charge on any atom is -0.383 e. The molecule has 6 rings (SSSR count). The fourth-order valence-electron chi connectivity index (χ4n) is 4.33. The second kappa shape index (κ2) is 8.26. The van der Waals surface area contributed by atoms with Crippen molar-refractivity contribution in [1.82, 2.24) is 24.7 Å². The van der Waals surface area contributed by atoms with Crippen LogP contribution in [0.1, 0.15) is 16.8 Å². The number of nitrogens with one attached hydrogen (secondary N) is 1. The van der Waals surface area contributed by atoms with Crippen molar-refractivity contribution < 1.29 is 18.0 Å². The van der Waals surface area contributed by atoms with Crippen molar-refractivity contribution in [2.45, 2.75) is 6.42 Å². The van der Waals surface area contributed by atoms with Crippen molar-refractivity contribution in [2.75, 3.05) is 11.1 Å². The highest BCUT2D eigenvalue weighted by molar-refractivity contribution is 6.31. The summed E-state index contributed by atoms with van der Waals surface area (Å²) in [6.45, 7) is 3.70. The van der Waals surface area contributed by atoms with Gasteiger partial charge in [-0.1, -0.05) is 12.6 Å². The topological polar surface area (TPSA) is 112 Å². The predicted octanol–water partition coefficient (Wildman–Crippen LogP) is 4.43. The largest absolute Gasteiger partial charge is 0.383 e. The van der Waals surface area contributed by atoms with E-state index in [-0.39, 0.29) is 35.3 Å². The van der Waals surface area contributed by atoms with Crippen LogP contribution in [0.5, 0.6) is 0 Å². The number of carbonyl (C=O) groups is 1. The van der Waals surface area contributed by atoms with Gasteiger partial charge in [0.05, 0.1) is 16.8 Å². The van der Waals surface area contributed by atoms with Gasteiger partial charge in [-0.2, -0.15) is 19.7 Å². The Morgan fingerprint density at radius 3 is 2.51 bits per heavy atom. The monoisotopic (exact) mass is 499 g/mol. The standard InChI is InChI=1S/C26H16F3N7O/c1-12-21-23(30)32-26(34-24(21)33-25(12)37)36-20-5-2-14(13-6-8-31-9-7-13)10-16(20)19(35-36)11-15-17(27)3-4-18(28)22(15)29/h2-10H,1,11H2,(H3,30,32,33,34,37). The Hall–Kier alpha value is -5.06. The van der Waals surface area contributed by atoms with E-state index in [1.165, 1.54) is 4.68 Å². The van der Waals surface area contributed by atoms with Crippen LogP contribution in [0.2, 0.25) is 0 Å². The number of pyridine rings is 1. The van der Waals surface area contributed by atoms with E-state index in [0.717, 1.165) is 23.3 Å². The second-order valence-corrected chi connectivity index (χ2v) is 8.39. The first-order chi connectivity index (χ1) is 17.8. The highest BCUT2D eigenvalue weighted by atomic mass is 19.2. The Morgan fingerprint density at radius 1 is 0.973 bits per heavy atom. The number of halogens is 3. The van der Waals surface area contributed by atoms with Gasteiger partial charge in [0, 0.05) is 35.3 Å². The van der Waals surface area contributed by atoms with E-state index >= 15 is 0 Å². The molecule has 3 N–H and O–H groups in total. The number of hydrogen-bond acceptors (Lipinski definition) is 6. The number of benzene rings is 2. The molecule has 8 nitrogen and oxygen atoms in total. The van der Waals surface area contributed by atoms with E-state index in [0.29, 0.717) is 16.5 Å². The third kappa shape index (κ3) is 3.59. The molecule has 0 radical (unpaired) electrons. The lowest BCUT2D eigenvalue weighted by Crippen LogP contribution is -2.09. The minimum atomic E-state index is -1.28. The predicted molar refractivity (Wildman–Crippen MR) is 131 cm³/mol. The van der Waals surface area contributed by atoms with E-state index in [1.54, 1.807) is 24.5 Å². The molecule has 2 aromatic carbocycles. The number of hydrogen-bond donors (Lipinski definition) is 2. The lowest BCUT2D eigenvalue weighted by atomic mass is 10.0. The van der Waals surface area contributed by atoms with Crippen LogP contribution in [-0.4, -0.2) is 30.6 Å². The van der Waals surface area contributed by atoms with Gasteiger partial charge in [-0.3, -0.25) is 9.78 Å². The van der Waals surface area contributed by atoms with E-state index in [9.17, 15) is 18.0 Å². The Labute approximate surface area is 207 Å². The summed E-state index contributed by atoms with van der Waals surface area (Å²) >= 11 is 0. The minimum absolute atomic E-state index is 0.0178. The number of fused-ring (bicyclic) bond motifs is 2. The van der Waals surface area contributed by atoms with Crippen molar-refractivity contribution in [1.29, 1.82) is 0 Å². The summed E-state index contributed by atoms with van der Waals surface area (Å²) in [5, 5.41) is 7.66. The van der Waals surface area contributed by atoms with Gasteiger partial charge in [-0.25, -0.2) is 13.2 Å². The van der Waals surface area contributed by atoms with E-state index in [1.807, 2.05) is 18.2 Å². The van der Waals surface area contributed by atoms with Crippen LogP contribution in [0.15, 0.2) is 61.4 Å². The van der Waals surface area contributed by atoms with Crippen LogP contribution in [0, 0.1) is 17.5 Å². The molecule has 0 atom stereocenters. The van der Waals surface area contributed by atoms with Crippen molar-refractivity contribution in [3.05, 3.63) is 95.7 Å².